The number of aromatic nitrogens is 3. The van der Waals surface area contributed by atoms with Crippen LogP contribution >= 0.6 is 0 Å². The van der Waals surface area contributed by atoms with E-state index in [1.807, 2.05) is 13.8 Å². The Morgan fingerprint density at radius 3 is 2.56 bits per heavy atom. The smallest absolute Gasteiger partial charge is 0.280 e. The van der Waals surface area contributed by atoms with E-state index in [-0.39, 0.29) is 40.9 Å². The first-order valence-electron chi connectivity index (χ1n) is 8.55. The number of hydrogen-bond donors (Lipinski definition) is 0. The number of fused-ring (bicyclic) bond motifs is 1. The van der Waals surface area contributed by atoms with E-state index in [1.54, 1.807) is 4.90 Å². The Hall–Kier alpha value is -2.09. The molecule has 1 saturated carbocycles. The van der Waals surface area contributed by atoms with Gasteiger partial charge in [-0.2, -0.15) is 5.10 Å². The zero-order valence-electron chi connectivity index (χ0n) is 14.2. The van der Waals surface area contributed by atoms with Crippen LogP contribution in [-0.4, -0.2) is 50.7 Å². The lowest BCUT2D eigenvalue weighted by molar-refractivity contribution is -0.0585. The second-order valence-corrected chi connectivity index (χ2v) is 6.94. The highest BCUT2D eigenvalue weighted by Crippen LogP contribution is 2.40. The molecule has 0 spiro atoms. The molecule has 1 aliphatic heterocycles. The molecule has 1 aliphatic carbocycles. The Labute approximate surface area is 143 Å². The second-order valence-electron chi connectivity index (χ2n) is 6.94. The van der Waals surface area contributed by atoms with Gasteiger partial charge in [-0.1, -0.05) is 0 Å². The summed E-state index contributed by atoms with van der Waals surface area (Å²) < 4.78 is 33.6. The van der Waals surface area contributed by atoms with Crippen LogP contribution in [-0.2, 0) is 4.74 Å². The monoisotopic (exact) mass is 350 g/mol. The normalized spacial score (nSPS) is 24.3. The van der Waals surface area contributed by atoms with E-state index in [0.717, 1.165) is 17.4 Å². The summed E-state index contributed by atoms with van der Waals surface area (Å²) >= 11 is 0. The van der Waals surface area contributed by atoms with E-state index < -0.39 is 6.43 Å². The van der Waals surface area contributed by atoms with Gasteiger partial charge in [0.2, 0.25) is 0 Å². The molecule has 8 heteroatoms. The van der Waals surface area contributed by atoms with Gasteiger partial charge in [0, 0.05) is 24.7 Å². The van der Waals surface area contributed by atoms with E-state index in [4.69, 9.17) is 4.74 Å². The van der Waals surface area contributed by atoms with Gasteiger partial charge in [0.1, 0.15) is 11.3 Å². The van der Waals surface area contributed by atoms with Crippen molar-refractivity contribution in [2.45, 2.75) is 51.2 Å². The number of halogens is 2. The third-order valence-corrected chi connectivity index (χ3v) is 4.68. The minimum Gasteiger partial charge on any atom is -0.372 e. The van der Waals surface area contributed by atoms with Crippen LogP contribution in [0, 0.1) is 0 Å². The average molecular weight is 350 g/mol. The summed E-state index contributed by atoms with van der Waals surface area (Å²) in [6.07, 6.45) is 0.429. The number of alkyl halides is 2. The summed E-state index contributed by atoms with van der Waals surface area (Å²) in [7, 11) is 0. The molecule has 0 radical (unpaired) electrons. The molecule has 0 aromatic carbocycles. The topological polar surface area (TPSA) is 59.7 Å². The van der Waals surface area contributed by atoms with E-state index in [9.17, 15) is 13.6 Å². The van der Waals surface area contributed by atoms with Crippen LogP contribution < -0.4 is 0 Å². The van der Waals surface area contributed by atoms with Crippen LogP contribution in [0.2, 0.25) is 0 Å². The van der Waals surface area contributed by atoms with Crippen molar-refractivity contribution in [3.63, 3.8) is 0 Å². The summed E-state index contributed by atoms with van der Waals surface area (Å²) in [6.45, 7) is 4.74. The molecule has 4 rings (SSSR count). The standard InChI is InChI=1S/C17H20F2N4O2/c1-9-7-22(8-10(2)25-9)17(24)12-6-20-23-14(15(18)19)5-13(11-3-4-11)21-16(12)23/h5-6,9-11,15H,3-4,7-8H2,1-2H3. The van der Waals surface area contributed by atoms with Gasteiger partial charge in [0.05, 0.1) is 18.4 Å². The molecule has 1 saturated heterocycles. The lowest BCUT2D eigenvalue weighted by Gasteiger charge is -2.35. The molecule has 6 nitrogen and oxygen atoms in total. The third kappa shape index (κ3) is 2.99. The van der Waals surface area contributed by atoms with Crippen molar-refractivity contribution in [3.05, 3.63) is 29.2 Å². The quantitative estimate of drug-likeness (QED) is 0.854. The maximum absolute atomic E-state index is 13.4. The van der Waals surface area contributed by atoms with Crippen molar-refractivity contribution in [3.8, 4) is 0 Å². The van der Waals surface area contributed by atoms with Gasteiger partial charge in [-0.05, 0) is 32.8 Å². The molecule has 25 heavy (non-hydrogen) atoms. The fourth-order valence-corrected chi connectivity index (χ4v) is 3.41. The number of carbonyl (C=O) groups excluding carboxylic acids is 1. The molecule has 2 atom stereocenters. The molecule has 0 N–H and O–H groups in total. The number of hydrogen-bond acceptors (Lipinski definition) is 4. The van der Waals surface area contributed by atoms with Crippen LogP contribution in [0.5, 0.6) is 0 Å². The Kier molecular flexibility index (Phi) is 3.94. The molecule has 2 aliphatic rings. The summed E-state index contributed by atoms with van der Waals surface area (Å²) in [5.41, 5.74) is 0.901. The van der Waals surface area contributed by atoms with E-state index in [2.05, 4.69) is 10.1 Å². The van der Waals surface area contributed by atoms with Crippen LogP contribution in [0.4, 0.5) is 8.78 Å². The Morgan fingerprint density at radius 2 is 1.96 bits per heavy atom. The fourth-order valence-electron chi connectivity index (χ4n) is 3.41. The SMILES string of the molecule is CC1CN(C(=O)c2cnn3c(C(F)F)cc(C4CC4)nc23)CC(C)O1. The van der Waals surface area contributed by atoms with Crippen molar-refractivity contribution in [1.82, 2.24) is 19.5 Å². The van der Waals surface area contributed by atoms with Crippen LogP contribution in [0.1, 0.15) is 60.8 Å². The maximum atomic E-state index is 13.4. The first-order valence-corrected chi connectivity index (χ1v) is 8.55. The number of morpholine rings is 1. The lowest BCUT2D eigenvalue weighted by Crippen LogP contribution is -2.48. The lowest BCUT2D eigenvalue weighted by atomic mass is 10.2. The fraction of sp³-hybridized carbons (Fsp3) is 0.588. The summed E-state index contributed by atoms with van der Waals surface area (Å²) in [6, 6.07) is 1.41. The summed E-state index contributed by atoms with van der Waals surface area (Å²) in [5, 5.41) is 4.01. The number of carbonyl (C=O) groups is 1. The molecule has 2 aromatic rings. The maximum Gasteiger partial charge on any atom is 0.280 e. The first-order chi connectivity index (χ1) is 11.9. The van der Waals surface area contributed by atoms with Crippen molar-refractivity contribution < 1.29 is 18.3 Å². The van der Waals surface area contributed by atoms with E-state index >= 15 is 0 Å². The first kappa shape index (κ1) is 16.4. The van der Waals surface area contributed by atoms with Gasteiger partial charge in [0.15, 0.2) is 5.65 Å². The average Bonchev–Trinajstić information content (AvgIpc) is 3.32. The molecule has 2 aromatic heterocycles. The van der Waals surface area contributed by atoms with Crippen LogP contribution in [0.15, 0.2) is 12.3 Å². The third-order valence-electron chi connectivity index (χ3n) is 4.68. The highest BCUT2D eigenvalue weighted by molar-refractivity contribution is 5.99. The summed E-state index contributed by atoms with van der Waals surface area (Å²) in [4.78, 5) is 19.1. The Morgan fingerprint density at radius 1 is 1.28 bits per heavy atom. The van der Waals surface area contributed by atoms with E-state index in [0.29, 0.717) is 18.8 Å². The molecule has 2 unspecified atom stereocenters. The number of amides is 1. The van der Waals surface area contributed by atoms with E-state index in [1.165, 1.54) is 12.3 Å². The van der Waals surface area contributed by atoms with Crippen molar-refractivity contribution in [2.75, 3.05) is 13.1 Å². The minimum absolute atomic E-state index is 0.0684. The Balaban J connectivity index is 1.75. The van der Waals surface area contributed by atoms with Gasteiger partial charge >= 0.3 is 0 Å². The Bertz CT molecular complexity index is 808. The highest BCUT2D eigenvalue weighted by atomic mass is 19.3. The van der Waals surface area contributed by atoms with Gasteiger partial charge in [-0.15, -0.1) is 0 Å². The minimum atomic E-state index is -2.67. The number of ether oxygens (including phenoxy) is 1. The van der Waals surface area contributed by atoms with Crippen molar-refractivity contribution in [1.29, 1.82) is 0 Å². The summed E-state index contributed by atoms with van der Waals surface area (Å²) in [5.74, 6) is -0.0264. The van der Waals surface area contributed by atoms with Crippen molar-refractivity contribution >= 4 is 11.6 Å². The van der Waals surface area contributed by atoms with Crippen LogP contribution in [0.3, 0.4) is 0 Å². The number of nitrogens with zero attached hydrogens (tertiary/aromatic N) is 4. The molecule has 1 amide bonds. The van der Waals surface area contributed by atoms with Gasteiger partial charge in [0.25, 0.3) is 12.3 Å². The van der Waals surface area contributed by atoms with Gasteiger partial charge in [-0.25, -0.2) is 18.3 Å². The zero-order chi connectivity index (χ0) is 17.7. The molecule has 3 heterocycles. The molecule has 0 bridgehead atoms. The van der Waals surface area contributed by atoms with Crippen LogP contribution in [0.25, 0.3) is 5.65 Å². The van der Waals surface area contributed by atoms with Gasteiger partial charge in [-0.3, -0.25) is 4.79 Å². The zero-order valence-corrected chi connectivity index (χ0v) is 14.2. The van der Waals surface area contributed by atoms with Gasteiger partial charge < -0.3 is 9.64 Å². The largest absolute Gasteiger partial charge is 0.372 e. The van der Waals surface area contributed by atoms with Crippen molar-refractivity contribution in [2.24, 2.45) is 0 Å². The predicted octanol–water partition coefficient (Wildman–Crippen LogP) is 2.79. The molecule has 2 fully saturated rings. The predicted molar refractivity (Wildman–Crippen MR) is 85.8 cm³/mol. The molecular weight excluding hydrogens is 330 g/mol. The highest BCUT2D eigenvalue weighted by Gasteiger charge is 2.32. The molecular formula is C17H20F2N4O2. The molecule has 134 valence electrons. The second kappa shape index (κ2) is 6.01. The number of rotatable bonds is 3.